The van der Waals surface area contributed by atoms with Crippen LogP contribution in [0.1, 0.15) is 5.56 Å². The van der Waals surface area contributed by atoms with Crippen LogP contribution in [0.5, 0.6) is 0 Å². The Morgan fingerprint density at radius 2 is 2.00 bits per heavy atom. The van der Waals surface area contributed by atoms with E-state index >= 15 is 0 Å². The van der Waals surface area contributed by atoms with E-state index in [1.165, 1.54) is 11.8 Å². The number of aromatic nitrogens is 2. The van der Waals surface area contributed by atoms with Gasteiger partial charge in [0.25, 0.3) is 5.22 Å². The fraction of sp³-hybridized carbons (Fsp3) is 0.200. The first-order chi connectivity index (χ1) is 8.49. The molecule has 0 amide bonds. The Kier molecular flexibility index (Phi) is 6.03. The number of primary sulfonamides is 1. The van der Waals surface area contributed by atoms with Crippen LogP contribution in [0.4, 0.5) is 0 Å². The van der Waals surface area contributed by atoms with Crippen LogP contribution in [0.2, 0.25) is 0 Å². The van der Waals surface area contributed by atoms with Gasteiger partial charge in [-0.2, -0.15) is 0 Å². The Bertz CT molecular complexity index is 658. The van der Waals surface area contributed by atoms with E-state index in [0.29, 0.717) is 22.2 Å². The van der Waals surface area contributed by atoms with Crippen molar-refractivity contribution in [3.63, 3.8) is 0 Å². The first kappa shape index (κ1) is 16.7. The van der Waals surface area contributed by atoms with Crippen molar-refractivity contribution in [1.82, 2.24) is 10.2 Å². The monoisotopic (exact) mass is 308 g/mol. The van der Waals surface area contributed by atoms with Crippen LogP contribution in [0, 0.1) is 0 Å². The Hall–Kier alpha value is -0.380. The predicted molar refractivity (Wildman–Crippen MR) is 74.1 cm³/mol. The van der Waals surface area contributed by atoms with E-state index in [4.69, 9.17) is 9.56 Å². The summed E-state index contributed by atoms with van der Waals surface area (Å²) in [5.41, 5.74) is 1.12. The Balaban J connectivity index is 0.00000180. The molecule has 0 aliphatic carbocycles. The van der Waals surface area contributed by atoms with Gasteiger partial charge in [0.2, 0.25) is 15.9 Å². The molecule has 1 heterocycles. The number of nitrogens with two attached hydrogens (primary N) is 1. The SMILES string of the molecule is CSc1nnc(-c2ccccc2CS(N)(=O)=O)o1.[Na]. The van der Waals surface area contributed by atoms with Crippen LogP contribution in [0.15, 0.2) is 33.9 Å². The van der Waals surface area contributed by atoms with Gasteiger partial charge in [-0.3, -0.25) is 0 Å². The quantitative estimate of drug-likeness (QED) is 0.664. The number of nitrogens with zero attached hydrogens (tertiary/aromatic N) is 2. The maximum absolute atomic E-state index is 11.2. The molecule has 19 heavy (non-hydrogen) atoms. The van der Waals surface area contributed by atoms with Crippen molar-refractivity contribution in [1.29, 1.82) is 0 Å². The molecule has 0 saturated heterocycles. The van der Waals surface area contributed by atoms with E-state index in [1.54, 1.807) is 24.3 Å². The molecule has 0 unspecified atom stereocenters. The molecule has 0 aliphatic rings. The van der Waals surface area contributed by atoms with Gasteiger partial charge >= 0.3 is 0 Å². The average Bonchev–Trinajstić information content (AvgIpc) is 2.76. The van der Waals surface area contributed by atoms with Gasteiger partial charge in [-0.25, -0.2) is 13.6 Å². The Labute approximate surface area is 137 Å². The second-order valence-electron chi connectivity index (χ2n) is 3.54. The number of hydrogen-bond donors (Lipinski definition) is 1. The average molecular weight is 308 g/mol. The summed E-state index contributed by atoms with van der Waals surface area (Å²) in [7, 11) is -3.60. The normalized spacial score (nSPS) is 11.1. The van der Waals surface area contributed by atoms with Crippen molar-refractivity contribution in [2.45, 2.75) is 11.0 Å². The van der Waals surface area contributed by atoms with Crippen LogP contribution < -0.4 is 5.14 Å². The second kappa shape index (κ2) is 6.87. The first-order valence-electron chi connectivity index (χ1n) is 4.96. The molecule has 2 N–H and O–H groups in total. The van der Waals surface area contributed by atoms with E-state index in [-0.39, 0.29) is 35.3 Å². The van der Waals surface area contributed by atoms with Crippen molar-refractivity contribution in [3.8, 4) is 11.5 Å². The zero-order valence-corrected chi connectivity index (χ0v) is 14.2. The predicted octanol–water partition coefficient (Wildman–Crippen LogP) is 0.866. The largest absolute Gasteiger partial charge is 0.411 e. The van der Waals surface area contributed by atoms with Crippen molar-refractivity contribution in [2.24, 2.45) is 5.14 Å². The maximum Gasteiger partial charge on any atom is 0.276 e. The number of hydrogen-bond acceptors (Lipinski definition) is 6. The summed E-state index contributed by atoms with van der Waals surface area (Å²) in [5, 5.41) is 13.2. The number of sulfonamides is 1. The molecule has 6 nitrogen and oxygen atoms in total. The fourth-order valence-electron chi connectivity index (χ4n) is 1.47. The van der Waals surface area contributed by atoms with Gasteiger partial charge in [0, 0.05) is 35.1 Å². The van der Waals surface area contributed by atoms with Crippen molar-refractivity contribution < 1.29 is 12.8 Å². The molecule has 1 radical (unpaired) electrons. The fourth-order valence-corrected chi connectivity index (χ4v) is 2.44. The summed E-state index contributed by atoms with van der Waals surface area (Å²) in [6.07, 6.45) is 1.81. The molecule has 0 fully saturated rings. The smallest absolute Gasteiger partial charge is 0.276 e. The van der Waals surface area contributed by atoms with Crippen LogP contribution in [0.25, 0.3) is 11.5 Å². The maximum atomic E-state index is 11.2. The zero-order valence-electron chi connectivity index (χ0n) is 10.5. The topological polar surface area (TPSA) is 99.1 Å². The summed E-state index contributed by atoms with van der Waals surface area (Å²) < 4.78 is 27.7. The third-order valence-electron chi connectivity index (χ3n) is 2.19. The molecule has 1 aromatic carbocycles. The van der Waals surface area contributed by atoms with Gasteiger partial charge in [-0.1, -0.05) is 30.0 Å². The molecule has 0 aliphatic heterocycles. The third kappa shape index (κ3) is 4.59. The number of benzene rings is 1. The van der Waals surface area contributed by atoms with E-state index in [9.17, 15) is 8.42 Å². The van der Waals surface area contributed by atoms with Gasteiger partial charge in [0.1, 0.15) is 0 Å². The van der Waals surface area contributed by atoms with Crippen LogP contribution in [-0.2, 0) is 15.8 Å². The van der Waals surface area contributed by atoms with Gasteiger partial charge in [-0.15, -0.1) is 10.2 Å². The van der Waals surface area contributed by atoms with Crippen molar-refractivity contribution in [3.05, 3.63) is 29.8 Å². The van der Waals surface area contributed by atoms with E-state index in [1.807, 2.05) is 6.26 Å². The molecule has 2 aromatic rings. The Morgan fingerprint density at radius 1 is 1.32 bits per heavy atom. The zero-order chi connectivity index (χ0) is 13.2. The molecule has 0 atom stereocenters. The molecule has 2 rings (SSSR count). The van der Waals surface area contributed by atoms with Gasteiger partial charge < -0.3 is 4.42 Å². The first-order valence-corrected chi connectivity index (χ1v) is 7.90. The third-order valence-corrected chi connectivity index (χ3v) is 3.41. The summed E-state index contributed by atoms with van der Waals surface area (Å²) in [6, 6.07) is 6.89. The minimum Gasteiger partial charge on any atom is -0.411 e. The molecule has 0 saturated carbocycles. The standard InChI is InChI=1S/C10H11N3O3S2.Na/c1-17-10-13-12-9(16-10)8-5-3-2-4-7(8)6-18(11,14)15;/h2-5H,6H2,1H3,(H2,11,14,15);. The molecule has 97 valence electrons. The molecule has 0 bridgehead atoms. The summed E-state index contributed by atoms with van der Waals surface area (Å²) in [6.45, 7) is 0. The summed E-state index contributed by atoms with van der Waals surface area (Å²) >= 11 is 1.32. The molecule has 1 aromatic heterocycles. The van der Waals surface area contributed by atoms with Gasteiger partial charge in [0.15, 0.2) is 0 Å². The van der Waals surface area contributed by atoms with E-state index in [2.05, 4.69) is 10.2 Å². The van der Waals surface area contributed by atoms with Crippen molar-refractivity contribution >= 4 is 51.3 Å². The number of thioether (sulfide) groups is 1. The van der Waals surface area contributed by atoms with E-state index < -0.39 is 10.0 Å². The number of rotatable bonds is 4. The summed E-state index contributed by atoms with van der Waals surface area (Å²) in [4.78, 5) is 0. The minimum absolute atomic E-state index is 0. The van der Waals surface area contributed by atoms with Gasteiger partial charge in [0.05, 0.1) is 5.75 Å². The minimum atomic E-state index is -3.60. The molecule has 9 heteroatoms. The van der Waals surface area contributed by atoms with Crippen LogP contribution >= 0.6 is 11.8 Å². The van der Waals surface area contributed by atoms with E-state index in [0.717, 1.165) is 0 Å². The second-order valence-corrected chi connectivity index (χ2v) is 5.91. The van der Waals surface area contributed by atoms with Gasteiger partial charge in [-0.05, 0) is 17.9 Å². The summed E-state index contributed by atoms with van der Waals surface area (Å²) in [5.74, 6) is 0.0266. The van der Waals surface area contributed by atoms with Crippen LogP contribution in [-0.4, -0.2) is 54.4 Å². The van der Waals surface area contributed by atoms with Crippen LogP contribution in [0.3, 0.4) is 0 Å². The molecular formula is C10H11N3NaO3S2. The Morgan fingerprint density at radius 3 is 2.58 bits per heavy atom. The van der Waals surface area contributed by atoms with Crippen molar-refractivity contribution in [2.75, 3.05) is 6.26 Å². The molecule has 0 spiro atoms. The molecular weight excluding hydrogens is 297 g/mol.